The van der Waals surface area contributed by atoms with E-state index in [-0.39, 0.29) is 17.0 Å². The highest BCUT2D eigenvalue weighted by atomic mass is 32.1. The van der Waals surface area contributed by atoms with E-state index in [0.29, 0.717) is 31.1 Å². The van der Waals surface area contributed by atoms with Crippen molar-refractivity contribution >= 4 is 18.5 Å². The monoisotopic (exact) mass is 318 g/mol. The molecule has 0 aliphatic carbocycles. The molecule has 0 N–H and O–H groups in total. The lowest BCUT2D eigenvalue weighted by Gasteiger charge is -2.15. The minimum atomic E-state index is -0.312. The Kier molecular flexibility index (Phi) is 4.29. The summed E-state index contributed by atoms with van der Waals surface area (Å²) in [6.45, 7) is 1.19. The van der Waals surface area contributed by atoms with Gasteiger partial charge in [0.15, 0.2) is 0 Å². The Hall–Kier alpha value is -2.08. The molecule has 1 unspecified atom stereocenters. The molecule has 1 amide bonds. The van der Waals surface area contributed by atoms with E-state index in [2.05, 4.69) is 17.6 Å². The van der Waals surface area contributed by atoms with Crippen molar-refractivity contribution in [1.29, 1.82) is 0 Å². The van der Waals surface area contributed by atoms with Gasteiger partial charge < -0.3 is 9.64 Å². The fourth-order valence-electron chi connectivity index (χ4n) is 2.31. The van der Waals surface area contributed by atoms with Crippen LogP contribution in [0.4, 0.5) is 4.39 Å². The zero-order valence-corrected chi connectivity index (χ0v) is 12.7. The quantitative estimate of drug-likeness (QED) is 0.881. The third kappa shape index (κ3) is 3.57. The molecule has 1 aliphatic heterocycles. The van der Waals surface area contributed by atoms with Crippen molar-refractivity contribution in [3.63, 3.8) is 0 Å². The molecule has 22 heavy (non-hydrogen) atoms. The van der Waals surface area contributed by atoms with E-state index >= 15 is 0 Å². The normalized spacial score (nSPS) is 17.8. The van der Waals surface area contributed by atoms with Gasteiger partial charge in [0, 0.05) is 37.0 Å². The zero-order chi connectivity index (χ0) is 15.5. The Labute approximate surface area is 133 Å². The van der Waals surface area contributed by atoms with Crippen LogP contribution in [0.25, 0.3) is 0 Å². The fraction of sp³-hybridized carbons (Fsp3) is 0.250. The number of carbonyl (C=O) groups excluding carboxylic acids is 1. The predicted octanol–water partition coefficient (Wildman–Crippen LogP) is 3.04. The van der Waals surface area contributed by atoms with E-state index in [9.17, 15) is 9.18 Å². The number of pyridine rings is 1. The minimum absolute atomic E-state index is 0.113. The average molecular weight is 318 g/mol. The van der Waals surface area contributed by atoms with Crippen LogP contribution in [0.15, 0.2) is 42.6 Å². The molecule has 2 aromatic rings. The van der Waals surface area contributed by atoms with Crippen molar-refractivity contribution < 1.29 is 13.9 Å². The summed E-state index contributed by atoms with van der Waals surface area (Å²) in [6.07, 6.45) is 2.17. The van der Waals surface area contributed by atoms with Gasteiger partial charge in [-0.3, -0.25) is 4.79 Å². The maximum atomic E-state index is 12.8. The standard InChI is InChI=1S/C16H15FN2O2S/c17-12-2-4-13(5-3-12)21-15-6-1-11(8-18-15)9-19-10-14(22)7-16(19)20/h1-6,8,14,22H,7,9-10H2. The number of aromatic nitrogens is 1. The molecule has 6 heteroatoms. The van der Waals surface area contributed by atoms with E-state index in [1.807, 2.05) is 6.07 Å². The summed E-state index contributed by atoms with van der Waals surface area (Å²) in [5.74, 6) is 0.754. The zero-order valence-electron chi connectivity index (χ0n) is 11.8. The fourth-order valence-corrected chi connectivity index (χ4v) is 2.67. The van der Waals surface area contributed by atoms with Crippen LogP contribution in [0.5, 0.6) is 11.6 Å². The Morgan fingerprint density at radius 2 is 2.05 bits per heavy atom. The Bertz CT molecular complexity index is 661. The summed E-state index contributed by atoms with van der Waals surface area (Å²) in [7, 11) is 0. The molecule has 1 aromatic heterocycles. The number of hydrogen-bond donors (Lipinski definition) is 1. The Morgan fingerprint density at radius 3 is 2.64 bits per heavy atom. The van der Waals surface area contributed by atoms with Gasteiger partial charge in [0.1, 0.15) is 11.6 Å². The third-order valence-corrected chi connectivity index (χ3v) is 3.75. The number of halogens is 1. The van der Waals surface area contributed by atoms with Crippen molar-refractivity contribution in [3.8, 4) is 11.6 Å². The van der Waals surface area contributed by atoms with E-state index in [1.54, 1.807) is 29.3 Å². The molecule has 1 atom stereocenters. The lowest BCUT2D eigenvalue weighted by Crippen LogP contribution is -2.24. The van der Waals surface area contributed by atoms with Crippen molar-refractivity contribution in [2.45, 2.75) is 18.2 Å². The molecule has 4 nitrogen and oxygen atoms in total. The summed E-state index contributed by atoms with van der Waals surface area (Å²) >= 11 is 4.33. The van der Waals surface area contributed by atoms with Crippen LogP contribution in [0.1, 0.15) is 12.0 Å². The van der Waals surface area contributed by atoms with Crippen molar-refractivity contribution in [3.05, 3.63) is 54.0 Å². The van der Waals surface area contributed by atoms with Gasteiger partial charge in [-0.2, -0.15) is 12.6 Å². The van der Waals surface area contributed by atoms with Gasteiger partial charge in [-0.15, -0.1) is 0 Å². The van der Waals surface area contributed by atoms with Gasteiger partial charge in [0.2, 0.25) is 11.8 Å². The second-order valence-electron chi connectivity index (χ2n) is 5.19. The second-order valence-corrected chi connectivity index (χ2v) is 5.92. The van der Waals surface area contributed by atoms with E-state index in [0.717, 1.165) is 5.56 Å². The summed E-state index contributed by atoms with van der Waals surface area (Å²) < 4.78 is 18.3. The number of thiol groups is 1. The summed E-state index contributed by atoms with van der Waals surface area (Å²) in [5, 5.41) is 0.113. The maximum Gasteiger partial charge on any atom is 0.224 e. The van der Waals surface area contributed by atoms with E-state index < -0.39 is 0 Å². The highest BCUT2D eigenvalue weighted by Gasteiger charge is 2.26. The number of nitrogens with zero attached hydrogens (tertiary/aromatic N) is 2. The maximum absolute atomic E-state index is 12.8. The largest absolute Gasteiger partial charge is 0.439 e. The van der Waals surface area contributed by atoms with Gasteiger partial charge in [0.25, 0.3) is 0 Å². The van der Waals surface area contributed by atoms with E-state index in [4.69, 9.17) is 4.74 Å². The van der Waals surface area contributed by atoms with Gasteiger partial charge in [0.05, 0.1) is 0 Å². The van der Waals surface area contributed by atoms with Crippen LogP contribution < -0.4 is 4.74 Å². The lowest BCUT2D eigenvalue weighted by molar-refractivity contribution is -0.128. The highest BCUT2D eigenvalue weighted by molar-refractivity contribution is 7.81. The number of amides is 1. The molecule has 0 spiro atoms. The van der Waals surface area contributed by atoms with Crippen molar-refractivity contribution in [1.82, 2.24) is 9.88 Å². The number of hydrogen-bond acceptors (Lipinski definition) is 4. The molecule has 1 aromatic carbocycles. The molecule has 1 saturated heterocycles. The highest BCUT2D eigenvalue weighted by Crippen LogP contribution is 2.21. The van der Waals surface area contributed by atoms with Gasteiger partial charge in [-0.05, 0) is 29.8 Å². The first-order valence-corrected chi connectivity index (χ1v) is 7.46. The number of carbonyl (C=O) groups is 1. The first-order valence-electron chi connectivity index (χ1n) is 6.94. The topological polar surface area (TPSA) is 42.4 Å². The molecule has 114 valence electrons. The Morgan fingerprint density at radius 1 is 1.27 bits per heavy atom. The smallest absolute Gasteiger partial charge is 0.224 e. The van der Waals surface area contributed by atoms with Crippen LogP contribution >= 0.6 is 12.6 Å². The summed E-state index contributed by atoms with van der Waals surface area (Å²) in [5.41, 5.74) is 0.933. The predicted molar refractivity (Wildman–Crippen MR) is 83.5 cm³/mol. The molecule has 1 fully saturated rings. The Balaban J connectivity index is 1.63. The van der Waals surface area contributed by atoms with E-state index in [1.165, 1.54) is 12.1 Å². The molecule has 2 heterocycles. The van der Waals surface area contributed by atoms with Crippen LogP contribution in [0, 0.1) is 5.82 Å². The molecule has 0 bridgehead atoms. The number of likely N-dealkylation sites (tertiary alicyclic amines) is 1. The number of ether oxygens (including phenoxy) is 1. The average Bonchev–Trinajstić information content (AvgIpc) is 2.81. The summed E-state index contributed by atoms with van der Waals surface area (Å²) in [6, 6.07) is 9.34. The molecular weight excluding hydrogens is 303 g/mol. The molecular formula is C16H15FN2O2S. The first-order chi connectivity index (χ1) is 10.6. The molecule has 1 aliphatic rings. The second kappa shape index (κ2) is 6.36. The first kappa shape index (κ1) is 14.8. The van der Waals surface area contributed by atoms with Crippen molar-refractivity contribution in [2.24, 2.45) is 0 Å². The van der Waals surface area contributed by atoms with Crippen LogP contribution in [-0.4, -0.2) is 27.6 Å². The number of benzene rings is 1. The van der Waals surface area contributed by atoms with Gasteiger partial charge >= 0.3 is 0 Å². The summed E-state index contributed by atoms with van der Waals surface area (Å²) in [4.78, 5) is 17.7. The lowest BCUT2D eigenvalue weighted by atomic mass is 10.2. The van der Waals surface area contributed by atoms with Crippen LogP contribution in [-0.2, 0) is 11.3 Å². The SMILES string of the molecule is O=C1CC(S)CN1Cc1ccc(Oc2ccc(F)cc2)nc1. The number of rotatable bonds is 4. The van der Waals surface area contributed by atoms with Crippen LogP contribution in [0.2, 0.25) is 0 Å². The van der Waals surface area contributed by atoms with Crippen LogP contribution in [0.3, 0.4) is 0 Å². The van der Waals surface area contributed by atoms with Gasteiger partial charge in [-0.25, -0.2) is 9.37 Å². The molecule has 0 saturated carbocycles. The molecule has 3 rings (SSSR count). The van der Waals surface area contributed by atoms with Gasteiger partial charge in [-0.1, -0.05) is 6.07 Å². The van der Waals surface area contributed by atoms with Crippen molar-refractivity contribution in [2.75, 3.05) is 6.54 Å². The third-order valence-electron chi connectivity index (χ3n) is 3.40. The minimum Gasteiger partial charge on any atom is -0.439 e. The molecule has 0 radical (unpaired) electrons.